The lowest BCUT2D eigenvalue weighted by Gasteiger charge is -2.27. The summed E-state index contributed by atoms with van der Waals surface area (Å²) in [4.78, 5) is 24.6. The lowest BCUT2D eigenvalue weighted by Crippen LogP contribution is -2.30. The van der Waals surface area contributed by atoms with Crippen molar-refractivity contribution in [2.75, 3.05) is 12.1 Å². The predicted molar refractivity (Wildman–Crippen MR) is 131 cm³/mol. The number of rotatable bonds is 8. The summed E-state index contributed by atoms with van der Waals surface area (Å²) < 4.78 is 23.0. The van der Waals surface area contributed by atoms with Gasteiger partial charge in [0, 0.05) is 27.9 Å². The highest BCUT2D eigenvalue weighted by molar-refractivity contribution is 9.10. The molecular weight excluding hydrogens is 536 g/mol. The van der Waals surface area contributed by atoms with Crippen molar-refractivity contribution >= 4 is 33.6 Å². The largest absolute Gasteiger partial charge is 0.508 e. The van der Waals surface area contributed by atoms with Gasteiger partial charge in [0.15, 0.2) is 23.7 Å². The molecule has 0 spiro atoms. The molecule has 4 N–H and O–H groups in total. The van der Waals surface area contributed by atoms with Crippen LogP contribution in [-0.4, -0.2) is 35.2 Å². The lowest BCUT2D eigenvalue weighted by molar-refractivity contribution is -0.124. The Hall–Kier alpha value is -4.22. The Bertz CT molecular complexity index is 1270. The zero-order valence-corrected chi connectivity index (χ0v) is 20.2. The maximum absolute atomic E-state index is 12.9. The quantitative estimate of drug-likeness (QED) is 0.178. The molecule has 1 heterocycles. The number of ether oxygens (including phenoxy) is 4. The number of carbonyl (C=O) groups excluding carboxylic acids is 2. The van der Waals surface area contributed by atoms with Gasteiger partial charge in [-0.3, -0.25) is 15.3 Å². The number of hydrogen-bond donors (Lipinski definition) is 4. The van der Waals surface area contributed by atoms with Crippen molar-refractivity contribution in [1.82, 2.24) is 5.48 Å². The van der Waals surface area contributed by atoms with E-state index in [4.69, 9.17) is 24.2 Å². The Kier molecular flexibility index (Phi) is 7.93. The number of phenolic OH excluding ortho intramolecular Hbond substituents is 1. The third kappa shape index (κ3) is 6.26. The average Bonchev–Trinajstić information content (AvgIpc) is 3.35. The standard InChI is InChI=1S/C25H21BrN2O8/c26-15-6-8-19(29)18(12-15)24(21(10-11-23(30)28-32)35-17-4-2-1-3-5-17)36-25(31)27-16-7-9-20-22(13-16)34-14-33-20/h1-13,21,24,29,32H,14H2,(H,27,31)(H,28,30)/b11-10+/t21-,24-/m1/s1. The molecule has 3 aromatic carbocycles. The first kappa shape index (κ1) is 24.9. The van der Waals surface area contributed by atoms with Crippen LogP contribution in [-0.2, 0) is 9.53 Å². The minimum absolute atomic E-state index is 0.0831. The molecule has 0 radical (unpaired) electrons. The van der Waals surface area contributed by atoms with Gasteiger partial charge in [0.25, 0.3) is 5.91 Å². The van der Waals surface area contributed by atoms with Gasteiger partial charge in [-0.05, 0) is 48.5 Å². The van der Waals surface area contributed by atoms with E-state index in [2.05, 4.69) is 21.2 Å². The number of aromatic hydroxyl groups is 1. The summed E-state index contributed by atoms with van der Waals surface area (Å²) in [6, 6.07) is 18.1. The SMILES string of the molecule is O=C(/C=C/[C@@H](Oc1ccccc1)[C@H](OC(=O)Nc1ccc2c(c1)OCO2)c1cc(Br)ccc1O)NO. The Balaban J connectivity index is 1.65. The summed E-state index contributed by atoms with van der Waals surface area (Å²) in [5, 5.41) is 22.1. The van der Waals surface area contributed by atoms with Crippen molar-refractivity contribution < 1.29 is 38.9 Å². The van der Waals surface area contributed by atoms with Crippen LogP contribution < -0.4 is 25.0 Å². The van der Waals surface area contributed by atoms with Gasteiger partial charge in [-0.15, -0.1) is 0 Å². The smallest absolute Gasteiger partial charge is 0.412 e. The summed E-state index contributed by atoms with van der Waals surface area (Å²) in [6.45, 7) is 0.0831. The van der Waals surface area contributed by atoms with E-state index in [0.29, 0.717) is 27.4 Å². The molecule has 10 nitrogen and oxygen atoms in total. The summed E-state index contributed by atoms with van der Waals surface area (Å²) in [7, 11) is 0. The molecule has 36 heavy (non-hydrogen) atoms. The molecule has 0 fully saturated rings. The van der Waals surface area contributed by atoms with Crippen molar-refractivity contribution in [2.45, 2.75) is 12.2 Å². The molecule has 2 amide bonds. The third-order valence-electron chi connectivity index (χ3n) is 5.01. The van der Waals surface area contributed by atoms with E-state index >= 15 is 0 Å². The lowest BCUT2D eigenvalue weighted by atomic mass is 10.0. The normalized spacial score (nSPS) is 13.6. The fourth-order valence-corrected chi connectivity index (χ4v) is 3.75. The third-order valence-corrected chi connectivity index (χ3v) is 5.50. The van der Waals surface area contributed by atoms with E-state index in [9.17, 15) is 14.7 Å². The molecule has 0 aliphatic carbocycles. The van der Waals surface area contributed by atoms with E-state index in [0.717, 1.165) is 6.08 Å². The van der Waals surface area contributed by atoms with Gasteiger partial charge in [-0.25, -0.2) is 10.3 Å². The van der Waals surface area contributed by atoms with Crippen LogP contribution in [0.15, 0.2) is 83.4 Å². The maximum atomic E-state index is 12.9. The summed E-state index contributed by atoms with van der Waals surface area (Å²) in [5.74, 6) is 0.446. The van der Waals surface area contributed by atoms with Crippen molar-refractivity contribution in [1.29, 1.82) is 0 Å². The molecule has 0 unspecified atom stereocenters. The summed E-state index contributed by atoms with van der Waals surface area (Å²) >= 11 is 3.35. The molecule has 186 valence electrons. The number of amides is 2. The number of phenols is 1. The Morgan fingerprint density at radius 3 is 2.58 bits per heavy atom. The van der Waals surface area contributed by atoms with E-state index in [1.807, 2.05) is 0 Å². The van der Waals surface area contributed by atoms with E-state index < -0.39 is 24.2 Å². The Labute approximate surface area is 214 Å². The van der Waals surface area contributed by atoms with Crippen LogP contribution in [0, 0.1) is 0 Å². The van der Waals surface area contributed by atoms with E-state index in [-0.39, 0.29) is 18.1 Å². The Morgan fingerprint density at radius 2 is 1.81 bits per heavy atom. The van der Waals surface area contributed by atoms with Crippen LogP contribution in [0.2, 0.25) is 0 Å². The molecule has 1 aliphatic heterocycles. The Morgan fingerprint density at radius 1 is 1.03 bits per heavy atom. The molecule has 0 bridgehead atoms. The molecule has 4 rings (SSSR count). The van der Waals surface area contributed by atoms with Crippen LogP contribution >= 0.6 is 15.9 Å². The predicted octanol–water partition coefficient (Wildman–Crippen LogP) is 4.68. The average molecular weight is 557 g/mol. The van der Waals surface area contributed by atoms with Gasteiger partial charge >= 0.3 is 6.09 Å². The van der Waals surface area contributed by atoms with Gasteiger partial charge in [-0.2, -0.15) is 0 Å². The van der Waals surface area contributed by atoms with Gasteiger partial charge < -0.3 is 24.1 Å². The van der Waals surface area contributed by atoms with Crippen LogP contribution in [0.4, 0.5) is 10.5 Å². The van der Waals surface area contributed by atoms with Gasteiger partial charge in [-0.1, -0.05) is 34.1 Å². The minimum atomic E-state index is -1.22. The first-order chi connectivity index (χ1) is 17.4. The summed E-state index contributed by atoms with van der Waals surface area (Å²) in [6.07, 6.45) is -0.849. The molecule has 3 aromatic rings. The highest BCUT2D eigenvalue weighted by atomic mass is 79.9. The summed E-state index contributed by atoms with van der Waals surface area (Å²) in [5.41, 5.74) is 2.09. The molecule has 1 aliphatic rings. The monoisotopic (exact) mass is 556 g/mol. The second kappa shape index (κ2) is 11.5. The van der Waals surface area contributed by atoms with Crippen molar-refractivity contribution in [3.8, 4) is 23.0 Å². The number of halogens is 1. The number of carbonyl (C=O) groups is 2. The number of hydroxylamine groups is 1. The number of fused-ring (bicyclic) bond motifs is 1. The van der Waals surface area contributed by atoms with Crippen molar-refractivity contribution in [2.24, 2.45) is 0 Å². The zero-order chi connectivity index (χ0) is 25.5. The molecule has 2 atom stereocenters. The molecule has 0 saturated heterocycles. The molecule has 0 saturated carbocycles. The van der Waals surface area contributed by atoms with E-state index in [1.165, 1.54) is 17.6 Å². The number of nitrogens with one attached hydrogen (secondary N) is 2. The second-order valence-electron chi connectivity index (χ2n) is 7.45. The highest BCUT2D eigenvalue weighted by Gasteiger charge is 2.30. The van der Waals surface area contributed by atoms with Gasteiger partial charge in [0.2, 0.25) is 6.79 Å². The van der Waals surface area contributed by atoms with Crippen molar-refractivity contribution in [3.63, 3.8) is 0 Å². The van der Waals surface area contributed by atoms with Crippen LogP contribution in [0.25, 0.3) is 0 Å². The molecule has 11 heteroatoms. The second-order valence-corrected chi connectivity index (χ2v) is 8.37. The van der Waals surface area contributed by atoms with Gasteiger partial charge in [0.05, 0.1) is 0 Å². The van der Waals surface area contributed by atoms with Crippen LogP contribution in [0.1, 0.15) is 11.7 Å². The maximum Gasteiger partial charge on any atom is 0.412 e. The van der Waals surface area contributed by atoms with Crippen LogP contribution in [0.3, 0.4) is 0 Å². The number of benzene rings is 3. The topological polar surface area (TPSA) is 136 Å². The van der Waals surface area contributed by atoms with Gasteiger partial charge in [0.1, 0.15) is 11.5 Å². The zero-order valence-electron chi connectivity index (χ0n) is 18.6. The first-order valence-electron chi connectivity index (χ1n) is 10.6. The first-order valence-corrected chi connectivity index (χ1v) is 11.4. The number of hydrogen-bond acceptors (Lipinski definition) is 8. The van der Waals surface area contributed by atoms with Crippen LogP contribution in [0.5, 0.6) is 23.0 Å². The molecule has 0 aromatic heterocycles. The highest BCUT2D eigenvalue weighted by Crippen LogP contribution is 2.36. The fourth-order valence-electron chi connectivity index (χ4n) is 3.38. The number of para-hydroxylation sites is 1. The number of anilines is 1. The minimum Gasteiger partial charge on any atom is -0.508 e. The fraction of sp³-hybridized carbons (Fsp3) is 0.120. The van der Waals surface area contributed by atoms with Crippen molar-refractivity contribution in [3.05, 3.63) is 88.9 Å². The molecular formula is C25H21BrN2O8. The van der Waals surface area contributed by atoms with E-state index in [1.54, 1.807) is 60.7 Å².